The molecule has 30 heavy (non-hydrogen) atoms. The zero-order valence-corrected chi connectivity index (χ0v) is 18.1. The topological polar surface area (TPSA) is 39.1 Å². The van der Waals surface area contributed by atoms with Crippen molar-refractivity contribution in [2.24, 2.45) is 0 Å². The Morgan fingerprint density at radius 3 is 2.30 bits per heavy atom. The molecule has 0 aliphatic carbocycles. The second-order valence-corrected chi connectivity index (χ2v) is 8.23. The van der Waals surface area contributed by atoms with Crippen molar-refractivity contribution in [2.45, 2.75) is 46.3 Å². The van der Waals surface area contributed by atoms with Crippen LogP contribution in [0.25, 0.3) is 16.7 Å². The first kappa shape index (κ1) is 20.0. The van der Waals surface area contributed by atoms with E-state index in [0.717, 1.165) is 34.7 Å². The highest BCUT2D eigenvalue weighted by Crippen LogP contribution is 2.24. The molecule has 154 valence electrons. The van der Waals surface area contributed by atoms with Crippen molar-refractivity contribution < 1.29 is 4.74 Å². The number of anilines is 1. The summed E-state index contributed by atoms with van der Waals surface area (Å²) in [7, 11) is 0. The lowest BCUT2D eigenvalue weighted by Gasteiger charge is -2.11. The average molecular weight is 400 g/mol. The van der Waals surface area contributed by atoms with E-state index in [0.29, 0.717) is 5.92 Å². The van der Waals surface area contributed by atoms with Gasteiger partial charge in [0.2, 0.25) is 0 Å². The molecule has 4 aromatic rings. The summed E-state index contributed by atoms with van der Waals surface area (Å²) >= 11 is 0. The van der Waals surface area contributed by atoms with E-state index in [-0.39, 0.29) is 6.10 Å². The zero-order chi connectivity index (χ0) is 21.1. The van der Waals surface area contributed by atoms with Crippen LogP contribution >= 0.6 is 0 Å². The standard InChI is InChI=1S/C26H29N3O/c1-18(2)21-7-5-20(6-8-21)16-27-22-9-14-26-25(15-22)28-17-29(26)23-10-12-24(13-11-23)30-19(3)4/h5-15,17-19,27H,16H2,1-4H3. The number of imidazole rings is 1. The van der Waals surface area contributed by atoms with Gasteiger partial charge in [-0.25, -0.2) is 4.98 Å². The molecular formula is C26H29N3O. The molecule has 0 aliphatic heterocycles. The Morgan fingerprint density at radius 1 is 0.900 bits per heavy atom. The van der Waals surface area contributed by atoms with Gasteiger partial charge in [0, 0.05) is 17.9 Å². The van der Waals surface area contributed by atoms with Gasteiger partial charge in [0.25, 0.3) is 0 Å². The third-order valence-electron chi connectivity index (χ3n) is 5.18. The monoisotopic (exact) mass is 399 g/mol. The average Bonchev–Trinajstić information content (AvgIpc) is 3.16. The van der Waals surface area contributed by atoms with Crippen LogP contribution in [0, 0.1) is 0 Å². The third-order valence-corrected chi connectivity index (χ3v) is 5.18. The Kier molecular flexibility index (Phi) is 5.75. The van der Waals surface area contributed by atoms with Crippen molar-refractivity contribution in [2.75, 3.05) is 5.32 Å². The minimum absolute atomic E-state index is 0.170. The first-order valence-electron chi connectivity index (χ1n) is 10.6. The zero-order valence-electron chi connectivity index (χ0n) is 18.1. The fourth-order valence-corrected chi connectivity index (χ4v) is 3.51. The van der Waals surface area contributed by atoms with Crippen LogP contribution in [0.5, 0.6) is 5.75 Å². The van der Waals surface area contributed by atoms with Crippen molar-refractivity contribution >= 4 is 16.7 Å². The molecule has 0 spiro atoms. The molecule has 0 fully saturated rings. The SMILES string of the molecule is CC(C)Oc1ccc(-n2cnc3cc(NCc4ccc(C(C)C)cc4)ccc32)cc1. The lowest BCUT2D eigenvalue weighted by Crippen LogP contribution is -2.05. The maximum atomic E-state index is 5.74. The molecule has 0 atom stereocenters. The van der Waals surface area contributed by atoms with Gasteiger partial charge in [-0.05, 0) is 73.4 Å². The fourth-order valence-electron chi connectivity index (χ4n) is 3.51. The Bertz CT molecular complexity index is 1110. The molecule has 1 N–H and O–H groups in total. The second-order valence-electron chi connectivity index (χ2n) is 8.23. The van der Waals surface area contributed by atoms with Crippen molar-refractivity contribution in [3.8, 4) is 11.4 Å². The molecule has 4 heteroatoms. The lowest BCUT2D eigenvalue weighted by atomic mass is 10.0. The molecule has 4 rings (SSSR count). The summed E-state index contributed by atoms with van der Waals surface area (Å²) in [6.45, 7) is 9.29. The van der Waals surface area contributed by atoms with Crippen LogP contribution < -0.4 is 10.1 Å². The number of nitrogens with zero attached hydrogens (tertiary/aromatic N) is 2. The van der Waals surface area contributed by atoms with E-state index < -0.39 is 0 Å². The van der Waals surface area contributed by atoms with Crippen LogP contribution in [0.1, 0.15) is 44.7 Å². The van der Waals surface area contributed by atoms with Gasteiger partial charge in [-0.3, -0.25) is 4.57 Å². The van der Waals surface area contributed by atoms with E-state index in [1.54, 1.807) is 0 Å². The van der Waals surface area contributed by atoms with Gasteiger partial charge in [0.15, 0.2) is 0 Å². The fraction of sp³-hybridized carbons (Fsp3) is 0.269. The highest BCUT2D eigenvalue weighted by Gasteiger charge is 2.07. The Hall–Kier alpha value is -3.27. The van der Waals surface area contributed by atoms with Gasteiger partial charge in [-0.15, -0.1) is 0 Å². The first-order valence-corrected chi connectivity index (χ1v) is 10.6. The van der Waals surface area contributed by atoms with Crippen LogP contribution in [-0.2, 0) is 6.54 Å². The highest BCUT2D eigenvalue weighted by molar-refractivity contribution is 5.81. The maximum Gasteiger partial charge on any atom is 0.119 e. The molecule has 0 amide bonds. The van der Waals surface area contributed by atoms with Crippen LogP contribution in [-0.4, -0.2) is 15.7 Å². The van der Waals surface area contributed by atoms with E-state index in [1.807, 2.05) is 32.3 Å². The van der Waals surface area contributed by atoms with Crippen molar-refractivity contribution in [1.29, 1.82) is 0 Å². The van der Waals surface area contributed by atoms with E-state index >= 15 is 0 Å². The van der Waals surface area contributed by atoms with Crippen LogP contribution in [0.2, 0.25) is 0 Å². The second kappa shape index (κ2) is 8.62. The molecule has 0 unspecified atom stereocenters. The van der Waals surface area contributed by atoms with Crippen LogP contribution in [0.3, 0.4) is 0 Å². The molecule has 4 nitrogen and oxygen atoms in total. The predicted octanol–water partition coefficient (Wildman–Crippen LogP) is 6.55. The summed E-state index contributed by atoms with van der Waals surface area (Å²) < 4.78 is 7.84. The van der Waals surface area contributed by atoms with E-state index in [9.17, 15) is 0 Å². The van der Waals surface area contributed by atoms with Gasteiger partial charge < -0.3 is 10.1 Å². The Balaban J connectivity index is 1.48. The Labute approximate surface area is 178 Å². The summed E-state index contributed by atoms with van der Waals surface area (Å²) in [4.78, 5) is 4.60. The molecular weight excluding hydrogens is 370 g/mol. The minimum atomic E-state index is 0.170. The number of hydrogen-bond donors (Lipinski definition) is 1. The van der Waals surface area contributed by atoms with Gasteiger partial charge >= 0.3 is 0 Å². The summed E-state index contributed by atoms with van der Waals surface area (Å²) in [5.74, 6) is 1.44. The van der Waals surface area contributed by atoms with E-state index in [2.05, 4.69) is 83.3 Å². The molecule has 0 aliphatic rings. The largest absolute Gasteiger partial charge is 0.491 e. The third kappa shape index (κ3) is 4.48. The molecule has 1 heterocycles. The number of aromatic nitrogens is 2. The molecule has 3 aromatic carbocycles. The smallest absolute Gasteiger partial charge is 0.119 e. The number of ether oxygens (including phenoxy) is 1. The predicted molar refractivity (Wildman–Crippen MR) is 125 cm³/mol. The molecule has 0 saturated carbocycles. The van der Waals surface area contributed by atoms with Crippen molar-refractivity contribution in [1.82, 2.24) is 9.55 Å². The number of benzene rings is 3. The van der Waals surface area contributed by atoms with E-state index in [4.69, 9.17) is 4.74 Å². The van der Waals surface area contributed by atoms with Gasteiger partial charge in [0.1, 0.15) is 12.1 Å². The summed E-state index contributed by atoms with van der Waals surface area (Å²) in [5.41, 5.74) is 6.83. The van der Waals surface area contributed by atoms with Crippen LogP contribution in [0.15, 0.2) is 73.1 Å². The number of hydrogen-bond acceptors (Lipinski definition) is 3. The number of rotatable bonds is 7. The normalized spacial score (nSPS) is 11.4. The molecule has 1 aromatic heterocycles. The van der Waals surface area contributed by atoms with E-state index in [1.165, 1.54) is 11.1 Å². The van der Waals surface area contributed by atoms with Gasteiger partial charge in [0.05, 0.1) is 17.1 Å². The highest BCUT2D eigenvalue weighted by atomic mass is 16.5. The molecule has 0 saturated heterocycles. The Morgan fingerprint density at radius 2 is 1.63 bits per heavy atom. The minimum Gasteiger partial charge on any atom is -0.491 e. The number of nitrogens with one attached hydrogen (secondary N) is 1. The maximum absolute atomic E-state index is 5.74. The summed E-state index contributed by atoms with van der Waals surface area (Å²) in [6.07, 6.45) is 2.04. The van der Waals surface area contributed by atoms with Crippen molar-refractivity contribution in [3.05, 3.63) is 84.2 Å². The molecule has 0 bridgehead atoms. The summed E-state index contributed by atoms with van der Waals surface area (Å²) in [6, 6.07) is 23.3. The van der Waals surface area contributed by atoms with Crippen LogP contribution in [0.4, 0.5) is 5.69 Å². The quantitative estimate of drug-likeness (QED) is 0.383. The molecule has 0 radical (unpaired) electrons. The number of fused-ring (bicyclic) bond motifs is 1. The first-order chi connectivity index (χ1) is 14.5. The van der Waals surface area contributed by atoms with Gasteiger partial charge in [-0.2, -0.15) is 0 Å². The van der Waals surface area contributed by atoms with Gasteiger partial charge in [-0.1, -0.05) is 38.1 Å². The lowest BCUT2D eigenvalue weighted by molar-refractivity contribution is 0.242. The van der Waals surface area contributed by atoms with Crippen molar-refractivity contribution in [3.63, 3.8) is 0 Å². The summed E-state index contributed by atoms with van der Waals surface area (Å²) in [5, 5.41) is 3.51.